The van der Waals surface area contributed by atoms with Crippen LogP contribution in [-0.2, 0) is 4.74 Å². The Hall–Kier alpha value is -1.62. The number of aromatic nitrogens is 1. The molecule has 0 spiro atoms. The summed E-state index contributed by atoms with van der Waals surface area (Å²) in [5, 5.41) is 6.03. The van der Waals surface area contributed by atoms with Gasteiger partial charge in [0.15, 0.2) is 0 Å². The van der Waals surface area contributed by atoms with Crippen molar-refractivity contribution in [2.75, 3.05) is 25.6 Å². The van der Waals surface area contributed by atoms with Crippen LogP contribution in [-0.4, -0.2) is 36.7 Å². The van der Waals surface area contributed by atoms with Gasteiger partial charge in [-0.05, 0) is 38.8 Å². The normalized spacial score (nSPS) is 22.9. The lowest BCUT2D eigenvalue weighted by Crippen LogP contribution is -2.51. The third-order valence-corrected chi connectivity index (χ3v) is 3.32. The first kappa shape index (κ1) is 13.8. The molecule has 0 aliphatic carbocycles. The van der Waals surface area contributed by atoms with Crippen LogP contribution < -0.4 is 10.6 Å². The molecule has 0 bridgehead atoms. The van der Waals surface area contributed by atoms with Gasteiger partial charge in [0.25, 0.3) is 5.91 Å². The fraction of sp³-hybridized carbons (Fsp3) is 0.571. The van der Waals surface area contributed by atoms with E-state index < -0.39 is 0 Å². The number of pyridine rings is 1. The van der Waals surface area contributed by atoms with Crippen LogP contribution in [0.3, 0.4) is 0 Å². The minimum atomic E-state index is -0.272. The van der Waals surface area contributed by atoms with Crippen LogP contribution in [0.5, 0.6) is 0 Å². The van der Waals surface area contributed by atoms with Gasteiger partial charge in [-0.1, -0.05) is 0 Å². The second kappa shape index (κ2) is 5.57. The monoisotopic (exact) mass is 263 g/mol. The molecule has 1 amide bonds. The average molecular weight is 263 g/mol. The van der Waals surface area contributed by atoms with Crippen molar-refractivity contribution in [1.29, 1.82) is 0 Å². The Kier molecular flexibility index (Phi) is 4.04. The molecule has 1 atom stereocenters. The summed E-state index contributed by atoms with van der Waals surface area (Å²) in [7, 11) is 1.79. The van der Waals surface area contributed by atoms with E-state index in [-0.39, 0.29) is 11.4 Å². The zero-order valence-electron chi connectivity index (χ0n) is 11.7. The van der Waals surface area contributed by atoms with E-state index in [2.05, 4.69) is 15.6 Å². The Labute approximate surface area is 113 Å². The summed E-state index contributed by atoms with van der Waals surface area (Å²) in [4.78, 5) is 16.6. The smallest absolute Gasteiger partial charge is 0.251 e. The number of aryl methyl sites for hydroxylation is 1. The van der Waals surface area contributed by atoms with Gasteiger partial charge in [-0.2, -0.15) is 0 Å². The quantitative estimate of drug-likeness (QED) is 0.871. The summed E-state index contributed by atoms with van der Waals surface area (Å²) in [5.74, 6) is 0.630. The zero-order chi connectivity index (χ0) is 13.9. The largest absolute Gasteiger partial charge is 0.379 e. The van der Waals surface area contributed by atoms with Gasteiger partial charge < -0.3 is 15.4 Å². The molecule has 19 heavy (non-hydrogen) atoms. The Morgan fingerprint density at radius 1 is 1.47 bits per heavy atom. The van der Waals surface area contributed by atoms with E-state index in [9.17, 15) is 4.79 Å². The van der Waals surface area contributed by atoms with Gasteiger partial charge in [-0.15, -0.1) is 0 Å². The maximum absolute atomic E-state index is 12.3. The first-order valence-corrected chi connectivity index (χ1v) is 6.59. The van der Waals surface area contributed by atoms with Crippen LogP contribution in [0.2, 0.25) is 0 Å². The molecule has 0 saturated carbocycles. The number of carbonyl (C=O) groups excluding carboxylic acids is 1. The lowest BCUT2D eigenvalue weighted by atomic mass is 9.94. The maximum atomic E-state index is 12.3. The molecule has 104 valence electrons. The molecule has 5 nitrogen and oxygen atoms in total. The van der Waals surface area contributed by atoms with Crippen LogP contribution in [0.1, 0.15) is 35.8 Å². The Balaban J connectivity index is 2.13. The predicted molar refractivity (Wildman–Crippen MR) is 74.4 cm³/mol. The highest BCUT2D eigenvalue weighted by Gasteiger charge is 2.29. The lowest BCUT2D eigenvalue weighted by Gasteiger charge is -2.34. The van der Waals surface area contributed by atoms with Gasteiger partial charge in [0.05, 0.1) is 12.1 Å². The van der Waals surface area contributed by atoms with Crippen LogP contribution in [0.4, 0.5) is 5.82 Å². The number of ether oxygens (including phenoxy) is 1. The molecular weight excluding hydrogens is 242 g/mol. The van der Waals surface area contributed by atoms with E-state index in [1.165, 1.54) is 0 Å². The first-order valence-electron chi connectivity index (χ1n) is 6.59. The summed E-state index contributed by atoms with van der Waals surface area (Å²) >= 11 is 0. The Morgan fingerprint density at radius 2 is 2.26 bits per heavy atom. The van der Waals surface area contributed by atoms with Crippen LogP contribution in [0.25, 0.3) is 0 Å². The standard InChI is InChI=1S/C14H21N3O2/c1-10-7-11(8-12(15-3)16-10)13(18)17-14(2)5-4-6-19-9-14/h7-8H,4-6,9H2,1-3H3,(H,15,16)(H,17,18). The Bertz CT molecular complexity index is 468. The number of anilines is 1. The number of hydrogen-bond donors (Lipinski definition) is 2. The number of carbonyl (C=O) groups is 1. The van der Waals surface area contributed by atoms with Gasteiger partial charge in [-0.25, -0.2) is 4.98 Å². The van der Waals surface area contributed by atoms with E-state index in [1.54, 1.807) is 19.2 Å². The second-order valence-corrected chi connectivity index (χ2v) is 5.30. The van der Waals surface area contributed by atoms with Crippen molar-refractivity contribution in [3.05, 3.63) is 23.4 Å². The molecule has 0 aromatic carbocycles. The van der Waals surface area contributed by atoms with Crippen LogP contribution in [0.15, 0.2) is 12.1 Å². The summed E-state index contributed by atoms with van der Waals surface area (Å²) in [6.07, 6.45) is 1.93. The van der Waals surface area contributed by atoms with Gasteiger partial charge in [-0.3, -0.25) is 4.79 Å². The highest BCUT2D eigenvalue weighted by molar-refractivity contribution is 5.95. The van der Waals surface area contributed by atoms with Gasteiger partial charge >= 0.3 is 0 Å². The third kappa shape index (κ3) is 3.44. The minimum absolute atomic E-state index is 0.0741. The molecule has 1 aliphatic rings. The molecule has 1 aromatic rings. The second-order valence-electron chi connectivity index (χ2n) is 5.30. The molecule has 0 radical (unpaired) electrons. The molecule has 2 heterocycles. The fourth-order valence-corrected chi connectivity index (χ4v) is 2.31. The van der Waals surface area contributed by atoms with Crippen LogP contribution in [0, 0.1) is 6.92 Å². The molecule has 1 saturated heterocycles. The van der Waals surface area contributed by atoms with Gasteiger partial charge in [0, 0.05) is 24.9 Å². The van der Waals surface area contributed by atoms with E-state index in [0.717, 1.165) is 25.1 Å². The van der Waals surface area contributed by atoms with Crippen molar-refractivity contribution in [2.45, 2.75) is 32.2 Å². The Morgan fingerprint density at radius 3 is 2.89 bits per heavy atom. The summed E-state index contributed by atoms with van der Waals surface area (Å²) in [6, 6.07) is 3.55. The predicted octanol–water partition coefficient (Wildman–Crippen LogP) is 1.73. The first-order chi connectivity index (χ1) is 9.02. The number of rotatable bonds is 3. The van der Waals surface area contributed by atoms with Crippen LogP contribution >= 0.6 is 0 Å². The highest BCUT2D eigenvalue weighted by atomic mass is 16.5. The summed E-state index contributed by atoms with van der Waals surface area (Å²) in [5.41, 5.74) is 1.18. The fourth-order valence-electron chi connectivity index (χ4n) is 2.31. The zero-order valence-corrected chi connectivity index (χ0v) is 11.7. The molecule has 1 aliphatic heterocycles. The summed E-state index contributed by atoms with van der Waals surface area (Å²) < 4.78 is 5.45. The van der Waals surface area contributed by atoms with Crippen molar-refractivity contribution >= 4 is 11.7 Å². The van der Waals surface area contributed by atoms with E-state index in [1.807, 2.05) is 13.8 Å². The topological polar surface area (TPSA) is 63.2 Å². The number of nitrogens with one attached hydrogen (secondary N) is 2. The van der Waals surface area contributed by atoms with Crippen molar-refractivity contribution in [2.24, 2.45) is 0 Å². The average Bonchev–Trinajstić information content (AvgIpc) is 2.38. The van der Waals surface area contributed by atoms with Gasteiger partial charge in [0.1, 0.15) is 5.82 Å². The lowest BCUT2D eigenvalue weighted by molar-refractivity contribution is 0.0272. The molecule has 1 unspecified atom stereocenters. The molecule has 2 N–H and O–H groups in total. The number of hydrogen-bond acceptors (Lipinski definition) is 4. The highest BCUT2D eigenvalue weighted by Crippen LogP contribution is 2.19. The van der Waals surface area contributed by atoms with E-state index in [4.69, 9.17) is 4.74 Å². The molecule has 1 aromatic heterocycles. The number of amides is 1. The molecule has 2 rings (SSSR count). The molecule has 1 fully saturated rings. The van der Waals surface area contributed by atoms with Gasteiger partial charge in [0.2, 0.25) is 0 Å². The van der Waals surface area contributed by atoms with E-state index in [0.29, 0.717) is 18.0 Å². The minimum Gasteiger partial charge on any atom is -0.379 e. The van der Waals surface area contributed by atoms with Crippen molar-refractivity contribution in [3.63, 3.8) is 0 Å². The van der Waals surface area contributed by atoms with Crippen molar-refractivity contribution in [3.8, 4) is 0 Å². The molecule has 5 heteroatoms. The summed E-state index contributed by atoms with van der Waals surface area (Å²) in [6.45, 7) is 5.26. The third-order valence-electron chi connectivity index (χ3n) is 3.32. The maximum Gasteiger partial charge on any atom is 0.251 e. The molecular formula is C14H21N3O2. The van der Waals surface area contributed by atoms with Crippen molar-refractivity contribution < 1.29 is 9.53 Å². The SMILES string of the molecule is CNc1cc(C(=O)NC2(C)CCCOC2)cc(C)n1. The van der Waals surface area contributed by atoms with Crippen molar-refractivity contribution in [1.82, 2.24) is 10.3 Å². The van der Waals surface area contributed by atoms with E-state index >= 15 is 0 Å². The number of nitrogens with zero attached hydrogens (tertiary/aromatic N) is 1.